The monoisotopic (exact) mass is 392 g/mol. The van der Waals surface area contributed by atoms with E-state index >= 15 is 0 Å². The molecule has 3 N–H and O–H groups in total. The number of primary sulfonamides is 1. The molecule has 1 saturated heterocycles. The molecular weight excluding hydrogens is 375 g/mol. The maximum atomic E-state index is 13.4. The van der Waals surface area contributed by atoms with Gasteiger partial charge in [-0.25, -0.2) is 22.9 Å². The van der Waals surface area contributed by atoms with Gasteiger partial charge in [0.1, 0.15) is 16.5 Å². The number of hydrogen-bond acceptors (Lipinski definition) is 6. The highest BCUT2D eigenvalue weighted by atomic mass is 32.2. The highest BCUT2D eigenvalue weighted by Gasteiger charge is 2.23. The van der Waals surface area contributed by atoms with Crippen LogP contribution in [0.2, 0.25) is 0 Å². The van der Waals surface area contributed by atoms with Crippen molar-refractivity contribution in [3.63, 3.8) is 0 Å². The number of nitrogens with two attached hydrogens (primary N) is 1. The molecule has 0 bridgehead atoms. The van der Waals surface area contributed by atoms with Crippen LogP contribution in [0.1, 0.15) is 0 Å². The quantitative estimate of drug-likeness (QED) is 0.696. The van der Waals surface area contributed by atoms with E-state index in [4.69, 9.17) is 9.88 Å². The predicted molar refractivity (Wildman–Crippen MR) is 97.1 cm³/mol. The largest absolute Gasteiger partial charge is 0.506 e. The van der Waals surface area contributed by atoms with Gasteiger partial charge in [0.2, 0.25) is 16.0 Å². The SMILES string of the molecule is NS(=O)(=O)c1cc2nc(N3CCOCC3)n(-c3ccc(F)cc3)c2cc1O. The van der Waals surface area contributed by atoms with Crippen molar-refractivity contribution in [3.8, 4) is 11.4 Å². The zero-order valence-corrected chi connectivity index (χ0v) is 15.0. The van der Waals surface area contributed by atoms with Gasteiger partial charge < -0.3 is 14.7 Å². The minimum absolute atomic E-state index is 0.350. The molecule has 0 radical (unpaired) electrons. The highest BCUT2D eigenvalue weighted by molar-refractivity contribution is 7.89. The number of fused-ring (bicyclic) bond motifs is 1. The molecule has 1 aromatic heterocycles. The number of hydrogen-bond donors (Lipinski definition) is 2. The maximum absolute atomic E-state index is 13.4. The number of phenols is 1. The Morgan fingerprint density at radius 3 is 2.44 bits per heavy atom. The van der Waals surface area contributed by atoms with Crippen LogP contribution in [0.25, 0.3) is 16.7 Å². The topological polar surface area (TPSA) is 111 Å². The number of halogens is 1. The molecule has 142 valence electrons. The van der Waals surface area contributed by atoms with Crippen molar-refractivity contribution in [2.75, 3.05) is 31.2 Å². The average Bonchev–Trinajstić information content (AvgIpc) is 3.00. The fraction of sp³-hybridized carbons (Fsp3) is 0.235. The van der Waals surface area contributed by atoms with Gasteiger partial charge in [0.05, 0.1) is 24.2 Å². The molecule has 1 fully saturated rings. The zero-order valence-electron chi connectivity index (χ0n) is 14.2. The number of phenolic OH excluding ortho intramolecular Hbond substituents is 1. The van der Waals surface area contributed by atoms with Crippen LogP contribution in [-0.2, 0) is 14.8 Å². The minimum Gasteiger partial charge on any atom is -0.506 e. The fourth-order valence-corrected chi connectivity index (χ4v) is 3.76. The number of rotatable bonds is 3. The Morgan fingerprint density at radius 1 is 1.15 bits per heavy atom. The van der Waals surface area contributed by atoms with E-state index in [2.05, 4.69) is 4.98 Å². The summed E-state index contributed by atoms with van der Waals surface area (Å²) in [4.78, 5) is 6.15. The lowest BCUT2D eigenvalue weighted by molar-refractivity contribution is 0.122. The van der Waals surface area contributed by atoms with Crippen LogP contribution < -0.4 is 10.0 Å². The summed E-state index contributed by atoms with van der Waals surface area (Å²) >= 11 is 0. The third-order valence-electron chi connectivity index (χ3n) is 4.40. The van der Waals surface area contributed by atoms with Crippen LogP contribution in [0.4, 0.5) is 10.3 Å². The number of imidazole rings is 1. The van der Waals surface area contributed by atoms with Gasteiger partial charge in [0.15, 0.2) is 0 Å². The van der Waals surface area contributed by atoms with Crippen molar-refractivity contribution < 1.29 is 22.7 Å². The first-order chi connectivity index (χ1) is 12.8. The molecule has 0 aliphatic carbocycles. The van der Waals surface area contributed by atoms with Gasteiger partial charge >= 0.3 is 0 Å². The van der Waals surface area contributed by atoms with Crippen molar-refractivity contribution in [3.05, 3.63) is 42.2 Å². The Bertz CT molecular complexity index is 1110. The molecule has 0 spiro atoms. The standard InChI is InChI=1S/C17H17FN4O4S/c18-11-1-3-12(4-2-11)22-14-10-15(23)16(27(19,24)25)9-13(14)20-17(22)21-5-7-26-8-6-21/h1-4,9-10,23H,5-8H2,(H2,19,24,25). The number of aromatic hydroxyl groups is 1. The first-order valence-electron chi connectivity index (χ1n) is 8.21. The van der Waals surface area contributed by atoms with E-state index in [9.17, 15) is 17.9 Å². The molecule has 1 aliphatic rings. The van der Waals surface area contributed by atoms with E-state index in [1.165, 1.54) is 24.3 Å². The Labute approximate surface area is 154 Å². The lowest BCUT2D eigenvalue weighted by Crippen LogP contribution is -2.37. The van der Waals surface area contributed by atoms with Crippen LogP contribution in [0.15, 0.2) is 41.3 Å². The van der Waals surface area contributed by atoms with Gasteiger partial charge in [0.25, 0.3) is 0 Å². The normalized spacial score (nSPS) is 15.4. The smallest absolute Gasteiger partial charge is 0.241 e. The Hall–Kier alpha value is -2.69. The second-order valence-corrected chi connectivity index (χ2v) is 7.71. The third-order valence-corrected chi connectivity index (χ3v) is 5.34. The summed E-state index contributed by atoms with van der Waals surface area (Å²) in [7, 11) is -4.11. The molecule has 0 amide bonds. The summed E-state index contributed by atoms with van der Waals surface area (Å²) in [6, 6.07) is 8.36. The zero-order chi connectivity index (χ0) is 19.2. The molecule has 2 aromatic carbocycles. The van der Waals surface area contributed by atoms with E-state index in [1.54, 1.807) is 16.7 Å². The number of nitrogens with zero attached hydrogens (tertiary/aromatic N) is 3. The van der Waals surface area contributed by atoms with Crippen molar-refractivity contribution in [2.45, 2.75) is 4.90 Å². The lowest BCUT2D eigenvalue weighted by Gasteiger charge is -2.28. The molecule has 3 aromatic rings. The van der Waals surface area contributed by atoms with Gasteiger partial charge in [-0.05, 0) is 30.3 Å². The molecule has 0 saturated carbocycles. The van der Waals surface area contributed by atoms with E-state index in [-0.39, 0.29) is 5.82 Å². The predicted octanol–water partition coefficient (Wildman–Crippen LogP) is 1.35. The van der Waals surface area contributed by atoms with Crippen molar-refractivity contribution in [2.24, 2.45) is 5.14 Å². The summed E-state index contributed by atoms with van der Waals surface area (Å²) in [6.45, 7) is 2.25. The van der Waals surface area contributed by atoms with Gasteiger partial charge in [-0.2, -0.15) is 0 Å². The summed E-state index contributed by atoms with van der Waals surface area (Å²) in [5.74, 6) is -0.303. The third kappa shape index (κ3) is 3.22. The van der Waals surface area contributed by atoms with Gasteiger partial charge in [0, 0.05) is 24.8 Å². The molecule has 8 nitrogen and oxygen atoms in total. The van der Waals surface area contributed by atoms with Crippen molar-refractivity contribution >= 4 is 27.0 Å². The van der Waals surface area contributed by atoms with Crippen molar-refractivity contribution in [1.29, 1.82) is 0 Å². The van der Waals surface area contributed by atoms with Crippen LogP contribution in [0, 0.1) is 5.82 Å². The van der Waals surface area contributed by atoms with Crippen LogP contribution in [0.5, 0.6) is 5.75 Å². The van der Waals surface area contributed by atoms with E-state index in [0.717, 1.165) is 0 Å². The van der Waals surface area contributed by atoms with Gasteiger partial charge in [-0.3, -0.25) is 4.57 Å². The Morgan fingerprint density at radius 2 is 1.81 bits per heavy atom. The molecular formula is C17H17FN4O4S. The van der Waals surface area contributed by atoms with E-state index in [1.807, 2.05) is 4.90 Å². The number of anilines is 1. The summed E-state index contributed by atoms with van der Waals surface area (Å²) in [5.41, 5.74) is 1.46. The van der Waals surface area contributed by atoms with E-state index < -0.39 is 20.7 Å². The maximum Gasteiger partial charge on any atom is 0.241 e. The number of morpholine rings is 1. The van der Waals surface area contributed by atoms with E-state index in [0.29, 0.717) is 49.0 Å². The number of aromatic nitrogens is 2. The van der Waals surface area contributed by atoms with Gasteiger partial charge in [-0.15, -0.1) is 0 Å². The molecule has 2 heterocycles. The number of ether oxygens (including phenoxy) is 1. The summed E-state index contributed by atoms with van der Waals surface area (Å²) in [5, 5.41) is 15.4. The lowest BCUT2D eigenvalue weighted by atomic mass is 10.2. The summed E-state index contributed by atoms with van der Waals surface area (Å²) in [6.07, 6.45) is 0. The first-order valence-corrected chi connectivity index (χ1v) is 9.76. The fourth-order valence-electron chi connectivity index (χ4n) is 3.13. The molecule has 0 unspecified atom stereocenters. The Balaban J connectivity index is 1.99. The van der Waals surface area contributed by atoms with Crippen LogP contribution in [0.3, 0.4) is 0 Å². The molecule has 10 heteroatoms. The molecule has 27 heavy (non-hydrogen) atoms. The van der Waals surface area contributed by atoms with Crippen LogP contribution in [-0.4, -0.2) is 49.4 Å². The van der Waals surface area contributed by atoms with Gasteiger partial charge in [-0.1, -0.05) is 0 Å². The second-order valence-electron chi connectivity index (χ2n) is 6.18. The average molecular weight is 392 g/mol. The number of benzene rings is 2. The minimum atomic E-state index is -4.11. The van der Waals surface area contributed by atoms with Crippen LogP contribution >= 0.6 is 0 Å². The number of sulfonamides is 1. The second kappa shape index (κ2) is 6.48. The molecule has 0 atom stereocenters. The highest BCUT2D eigenvalue weighted by Crippen LogP contribution is 2.33. The molecule has 4 rings (SSSR count). The summed E-state index contributed by atoms with van der Waals surface area (Å²) < 4.78 is 43.9. The molecule has 1 aliphatic heterocycles. The van der Waals surface area contributed by atoms with Crippen molar-refractivity contribution in [1.82, 2.24) is 9.55 Å². The first kappa shape index (κ1) is 17.7. The Kier molecular flexibility index (Phi) is 4.25.